The van der Waals surface area contributed by atoms with Gasteiger partial charge in [-0.1, -0.05) is 30.3 Å². The highest BCUT2D eigenvalue weighted by atomic mass is 16.2. The summed E-state index contributed by atoms with van der Waals surface area (Å²) >= 11 is 0. The van der Waals surface area contributed by atoms with Gasteiger partial charge >= 0.3 is 5.69 Å². The molecule has 0 unspecified atom stereocenters. The number of hydrogen-bond acceptors (Lipinski definition) is 4. The first-order valence-electron chi connectivity index (χ1n) is 10.6. The van der Waals surface area contributed by atoms with Crippen LogP contribution in [-0.4, -0.2) is 32.6 Å². The fourth-order valence-electron chi connectivity index (χ4n) is 4.32. The fourth-order valence-corrected chi connectivity index (χ4v) is 4.32. The average Bonchev–Trinajstić information content (AvgIpc) is 3.50. The standard InChI is InChI=1S/C23H25N7O2/c1-16-17(2)30-19-20(25-22(30)28(16)12-7-11-27-13-10-24-15-27)26(3)23(32)29(21(19)31)14-18-8-5-4-6-9-18/h4-6,8-10,13,15H,7,11-12,14H2,1-3H3. The van der Waals surface area contributed by atoms with Crippen molar-refractivity contribution < 1.29 is 0 Å². The topological polar surface area (TPSA) is 84.0 Å². The molecule has 1 aromatic carbocycles. The second-order valence-corrected chi connectivity index (χ2v) is 8.11. The highest BCUT2D eigenvalue weighted by Gasteiger charge is 2.22. The van der Waals surface area contributed by atoms with Gasteiger partial charge in [0, 0.05) is 43.9 Å². The molecule has 5 aromatic rings. The van der Waals surface area contributed by atoms with Crippen molar-refractivity contribution in [1.82, 2.24) is 32.6 Å². The molecule has 9 nitrogen and oxygen atoms in total. The maximum absolute atomic E-state index is 13.5. The van der Waals surface area contributed by atoms with Crippen LogP contribution in [0.2, 0.25) is 0 Å². The molecule has 0 bridgehead atoms. The van der Waals surface area contributed by atoms with Crippen molar-refractivity contribution >= 4 is 16.9 Å². The van der Waals surface area contributed by atoms with Crippen LogP contribution in [0.15, 0.2) is 58.6 Å². The van der Waals surface area contributed by atoms with Gasteiger partial charge in [0.1, 0.15) is 0 Å². The second kappa shape index (κ2) is 7.67. The number of aryl methyl sites for hydroxylation is 4. The number of hydrogen-bond donors (Lipinski definition) is 0. The van der Waals surface area contributed by atoms with Crippen LogP contribution in [0.3, 0.4) is 0 Å². The van der Waals surface area contributed by atoms with Gasteiger partial charge in [0.25, 0.3) is 5.56 Å². The zero-order chi connectivity index (χ0) is 22.4. The first kappa shape index (κ1) is 20.0. The van der Waals surface area contributed by atoms with Crippen molar-refractivity contribution in [2.45, 2.75) is 39.9 Å². The minimum atomic E-state index is -0.367. The Morgan fingerprint density at radius 2 is 1.75 bits per heavy atom. The Bertz CT molecular complexity index is 1530. The van der Waals surface area contributed by atoms with Gasteiger partial charge in [-0.2, -0.15) is 4.98 Å². The molecule has 0 radical (unpaired) electrons. The predicted octanol–water partition coefficient (Wildman–Crippen LogP) is 2.10. The van der Waals surface area contributed by atoms with Crippen LogP contribution in [0.25, 0.3) is 16.9 Å². The third-order valence-electron chi connectivity index (χ3n) is 6.17. The van der Waals surface area contributed by atoms with Crippen molar-refractivity contribution in [1.29, 1.82) is 0 Å². The number of rotatable bonds is 6. The number of benzene rings is 1. The van der Waals surface area contributed by atoms with E-state index in [1.165, 1.54) is 9.13 Å². The van der Waals surface area contributed by atoms with Crippen LogP contribution in [-0.2, 0) is 26.7 Å². The van der Waals surface area contributed by atoms with Gasteiger partial charge < -0.3 is 9.13 Å². The molecule has 0 fully saturated rings. The minimum Gasteiger partial charge on any atom is -0.337 e. The lowest BCUT2D eigenvalue weighted by Crippen LogP contribution is -2.39. The predicted molar refractivity (Wildman–Crippen MR) is 122 cm³/mol. The maximum atomic E-state index is 13.5. The normalized spacial score (nSPS) is 11.7. The smallest absolute Gasteiger partial charge is 0.332 e. The van der Waals surface area contributed by atoms with E-state index >= 15 is 0 Å². The van der Waals surface area contributed by atoms with Crippen LogP contribution in [0.5, 0.6) is 0 Å². The van der Waals surface area contributed by atoms with Gasteiger partial charge in [0.05, 0.1) is 12.9 Å². The lowest BCUT2D eigenvalue weighted by molar-refractivity contribution is 0.563. The van der Waals surface area contributed by atoms with E-state index in [1.54, 1.807) is 19.6 Å². The Labute approximate surface area is 183 Å². The number of imidazole rings is 3. The van der Waals surface area contributed by atoms with Crippen LogP contribution >= 0.6 is 0 Å². The molecular weight excluding hydrogens is 406 g/mol. The molecule has 0 saturated heterocycles. The first-order valence-corrected chi connectivity index (χ1v) is 10.6. The van der Waals surface area contributed by atoms with Crippen LogP contribution in [0.4, 0.5) is 0 Å². The molecule has 4 aromatic heterocycles. The molecule has 5 rings (SSSR count). The number of aromatic nitrogens is 7. The first-order chi connectivity index (χ1) is 15.5. The SMILES string of the molecule is Cc1c(C)n2c3c(=O)n(Cc4ccccc4)c(=O)n(C)c3nc2n1CCCn1ccnc1. The Hall–Kier alpha value is -3.88. The van der Waals surface area contributed by atoms with Crippen LogP contribution < -0.4 is 11.2 Å². The second-order valence-electron chi connectivity index (χ2n) is 8.11. The molecule has 9 heteroatoms. The summed E-state index contributed by atoms with van der Waals surface area (Å²) in [5.74, 6) is 0.685. The molecular formula is C23H25N7O2. The monoisotopic (exact) mass is 431 g/mol. The van der Waals surface area contributed by atoms with Crippen molar-refractivity contribution in [3.63, 3.8) is 0 Å². The summed E-state index contributed by atoms with van der Waals surface area (Å²) in [4.78, 5) is 35.3. The molecule has 0 aliphatic rings. The summed E-state index contributed by atoms with van der Waals surface area (Å²) in [5.41, 5.74) is 3.07. The Morgan fingerprint density at radius 3 is 2.47 bits per heavy atom. The van der Waals surface area contributed by atoms with Crippen molar-refractivity contribution in [3.05, 3.63) is 86.8 Å². The van der Waals surface area contributed by atoms with Crippen molar-refractivity contribution in [3.8, 4) is 0 Å². The average molecular weight is 432 g/mol. The highest BCUT2D eigenvalue weighted by Crippen LogP contribution is 2.21. The van der Waals surface area contributed by atoms with Crippen molar-refractivity contribution in [2.24, 2.45) is 7.05 Å². The third-order valence-corrected chi connectivity index (χ3v) is 6.17. The lowest BCUT2D eigenvalue weighted by atomic mass is 10.2. The zero-order valence-corrected chi connectivity index (χ0v) is 18.4. The molecule has 0 spiro atoms. The van der Waals surface area contributed by atoms with E-state index in [9.17, 15) is 9.59 Å². The van der Waals surface area contributed by atoms with E-state index in [0.717, 1.165) is 36.5 Å². The van der Waals surface area contributed by atoms with Crippen molar-refractivity contribution in [2.75, 3.05) is 0 Å². The third kappa shape index (κ3) is 3.08. The van der Waals surface area contributed by atoms with E-state index in [0.29, 0.717) is 16.9 Å². The minimum absolute atomic E-state index is 0.221. The van der Waals surface area contributed by atoms with E-state index in [4.69, 9.17) is 4.98 Å². The van der Waals surface area contributed by atoms with Gasteiger partial charge in [0.2, 0.25) is 5.78 Å². The summed E-state index contributed by atoms with van der Waals surface area (Å²) in [5, 5.41) is 0. The summed E-state index contributed by atoms with van der Waals surface area (Å²) in [6.45, 7) is 5.83. The molecule has 4 heterocycles. The lowest BCUT2D eigenvalue weighted by Gasteiger charge is -2.09. The van der Waals surface area contributed by atoms with Crippen LogP contribution in [0.1, 0.15) is 23.4 Å². The zero-order valence-electron chi connectivity index (χ0n) is 18.4. The fraction of sp³-hybridized carbons (Fsp3) is 0.304. The van der Waals surface area contributed by atoms with Gasteiger partial charge in [-0.3, -0.25) is 18.3 Å². The molecule has 32 heavy (non-hydrogen) atoms. The molecule has 0 aliphatic heterocycles. The molecule has 0 amide bonds. The number of nitrogens with zero attached hydrogens (tertiary/aromatic N) is 7. The highest BCUT2D eigenvalue weighted by molar-refractivity contribution is 5.76. The van der Waals surface area contributed by atoms with E-state index in [-0.39, 0.29) is 17.8 Å². The summed E-state index contributed by atoms with van der Waals surface area (Å²) < 4.78 is 8.81. The van der Waals surface area contributed by atoms with Gasteiger partial charge in [-0.15, -0.1) is 0 Å². The molecule has 0 N–H and O–H groups in total. The Kier molecular flexibility index (Phi) is 4.80. The Balaban J connectivity index is 1.64. The van der Waals surface area contributed by atoms with Gasteiger partial charge in [-0.05, 0) is 25.8 Å². The van der Waals surface area contributed by atoms with Crippen LogP contribution in [0, 0.1) is 13.8 Å². The van der Waals surface area contributed by atoms with Gasteiger partial charge in [-0.25, -0.2) is 9.78 Å². The van der Waals surface area contributed by atoms with E-state index in [1.807, 2.05) is 59.3 Å². The molecule has 0 aliphatic carbocycles. The summed E-state index contributed by atoms with van der Waals surface area (Å²) in [7, 11) is 1.67. The maximum Gasteiger partial charge on any atom is 0.332 e. The quantitative estimate of drug-likeness (QED) is 0.412. The summed E-state index contributed by atoms with van der Waals surface area (Å²) in [6, 6.07) is 9.54. The molecule has 164 valence electrons. The van der Waals surface area contributed by atoms with Gasteiger partial charge in [0.15, 0.2) is 11.2 Å². The largest absolute Gasteiger partial charge is 0.337 e. The van der Waals surface area contributed by atoms with E-state index < -0.39 is 0 Å². The Morgan fingerprint density at radius 1 is 0.969 bits per heavy atom. The van der Waals surface area contributed by atoms with E-state index in [2.05, 4.69) is 9.55 Å². The molecule has 0 saturated carbocycles. The number of fused-ring (bicyclic) bond motifs is 3. The molecule has 0 atom stereocenters. The summed E-state index contributed by atoms with van der Waals surface area (Å²) in [6.07, 6.45) is 6.41.